The van der Waals surface area contributed by atoms with Crippen molar-refractivity contribution >= 4 is 5.97 Å². The maximum Gasteiger partial charge on any atom is 0.358 e. The first-order valence-electron chi connectivity index (χ1n) is 8.66. The van der Waals surface area contributed by atoms with Gasteiger partial charge in [0.15, 0.2) is 5.69 Å². The predicted molar refractivity (Wildman–Crippen MR) is 94.6 cm³/mol. The largest absolute Gasteiger partial charge is 0.476 e. The molecule has 3 aromatic rings. The van der Waals surface area contributed by atoms with E-state index in [0.29, 0.717) is 0 Å². The van der Waals surface area contributed by atoms with E-state index in [1.165, 1.54) is 11.8 Å². The average Bonchev–Trinajstić information content (AvgIpc) is 3.33. The van der Waals surface area contributed by atoms with Gasteiger partial charge >= 0.3 is 5.97 Å². The summed E-state index contributed by atoms with van der Waals surface area (Å²) in [7, 11) is 0. The lowest BCUT2D eigenvalue weighted by Gasteiger charge is -2.31. The number of nitrogens with zero attached hydrogens (tertiary/aromatic N) is 5. The topological polar surface area (TPSA) is 99.9 Å². The minimum Gasteiger partial charge on any atom is -0.476 e. The lowest BCUT2D eigenvalue weighted by molar-refractivity contribution is 0.0688. The van der Waals surface area contributed by atoms with E-state index in [9.17, 15) is 4.79 Å². The van der Waals surface area contributed by atoms with Gasteiger partial charge in [0, 0.05) is 25.2 Å². The van der Waals surface area contributed by atoms with E-state index in [-0.39, 0.29) is 11.7 Å². The van der Waals surface area contributed by atoms with Gasteiger partial charge in [0.05, 0.1) is 24.1 Å². The Morgan fingerprint density at radius 2 is 1.96 bits per heavy atom. The Morgan fingerprint density at radius 1 is 1.19 bits per heavy atom. The van der Waals surface area contributed by atoms with Gasteiger partial charge in [0.2, 0.25) is 0 Å². The molecule has 26 heavy (non-hydrogen) atoms. The third-order valence-electron chi connectivity index (χ3n) is 4.79. The van der Waals surface area contributed by atoms with Gasteiger partial charge in [-0.15, -0.1) is 5.10 Å². The van der Waals surface area contributed by atoms with E-state index in [1.54, 1.807) is 4.80 Å². The van der Waals surface area contributed by atoms with Crippen LogP contribution in [0, 0.1) is 0 Å². The molecule has 134 valence electrons. The zero-order valence-corrected chi connectivity index (χ0v) is 14.2. The number of aromatic nitrogens is 5. The Balaban J connectivity index is 1.39. The fraction of sp³-hybridized carbons (Fsp3) is 0.333. The molecule has 1 aliphatic heterocycles. The fourth-order valence-electron chi connectivity index (χ4n) is 3.38. The smallest absolute Gasteiger partial charge is 0.358 e. The quantitative estimate of drug-likeness (QED) is 0.730. The average molecular weight is 352 g/mol. The van der Waals surface area contributed by atoms with Gasteiger partial charge in [0.25, 0.3) is 0 Å². The van der Waals surface area contributed by atoms with Gasteiger partial charge < -0.3 is 5.11 Å². The fourth-order valence-corrected chi connectivity index (χ4v) is 3.38. The molecular weight excluding hydrogens is 332 g/mol. The van der Waals surface area contributed by atoms with Crippen LogP contribution in [0.25, 0.3) is 11.3 Å². The second-order valence-electron chi connectivity index (χ2n) is 6.50. The predicted octanol–water partition coefficient (Wildman–Crippen LogP) is 2.20. The molecule has 0 atom stereocenters. The minimum absolute atomic E-state index is 0.00155. The summed E-state index contributed by atoms with van der Waals surface area (Å²) in [5.41, 5.74) is 3.38. The molecule has 1 aromatic carbocycles. The molecule has 0 radical (unpaired) electrons. The van der Waals surface area contributed by atoms with Crippen molar-refractivity contribution in [2.45, 2.75) is 25.4 Å². The number of hydrogen-bond donors (Lipinski definition) is 2. The number of likely N-dealkylation sites (tertiary alicyclic amines) is 1. The second kappa shape index (κ2) is 7.09. The number of piperidine rings is 1. The highest BCUT2D eigenvalue weighted by atomic mass is 16.4. The van der Waals surface area contributed by atoms with Crippen LogP contribution in [0.2, 0.25) is 0 Å². The van der Waals surface area contributed by atoms with Crippen LogP contribution in [0.3, 0.4) is 0 Å². The van der Waals surface area contributed by atoms with Crippen LogP contribution in [0.4, 0.5) is 0 Å². The number of carboxylic acid groups (broad SMARTS) is 1. The van der Waals surface area contributed by atoms with E-state index >= 15 is 0 Å². The molecule has 0 spiro atoms. The molecule has 1 saturated heterocycles. The van der Waals surface area contributed by atoms with Crippen LogP contribution in [-0.2, 0) is 6.54 Å². The van der Waals surface area contributed by atoms with Crippen LogP contribution in [0.1, 0.15) is 34.9 Å². The summed E-state index contributed by atoms with van der Waals surface area (Å²) in [6.07, 6.45) is 4.99. The SMILES string of the molecule is O=C(O)c1cnn(C2CCN(Cc3cn[nH]c3-c3ccccc3)CC2)n1. The second-order valence-corrected chi connectivity index (χ2v) is 6.50. The molecule has 2 aromatic heterocycles. The molecule has 0 aliphatic carbocycles. The van der Waals surface area contributed by atoms with Crippen molar-refractivity contribution in [2.75, 3.05) is 13.1 Å². The number of aromatic amines is 1. The van der Waals surface area contributed by atoms with Crippen molar-refractivity contribution < 1.29 is 9.90 Å². The first kappa shape index (κ1) is 16.5. The van der Waals surface area contributed by atoms with E-state index in [1.807, 2.05) is 24.4 Å². The van der Waals surface area contributed by atoms with Crippen LogP contribution >= 0.6 is 0 Å². The molecule has 8 heteroatoms. The van der Waals surface area contributed by atoms with Crippen molar-refractivity contribution in [3.05, 3.63) is 54.0 Å². The molecular formula is C18H20N6O2. The first-order chi connectivity index (χ1) is 12.7. The Hall–Kier alpha value is -3.00. The lowest BCUT2D eigenvalue weighted by Crippen LogP contribution is -2.34. The third-order valence-corrected chi connectivity index (χ3v) is 4.79. The van der Waals surface area contributed by atoms with Gasteiger partial charge in [-0.1, -0.05) is 30.3 Å². The molecule has 3 heterocycles. The van der Waals surface area contributed by atoms with Crippen LogP contribution < -0.4 is 0 Å². The maximum absolute atomic E-state index is 10.9. The number of rotatable bonds is 5. The monoisotopic (exact) mass is 352 g/mol. The number of nitrogens with one attached hydrogen (secondary N) is 1. The normalized spacial score (nSPS) is 16.0. The number of carboxylic acids is 1. The van der Waals surface area contributed by atoms with Crippen molar-refractivity contribution in [2.24, 2.45) is 0 Å². The van der Waals surface area contributed by atoms with Crippen LogP contribution in [0.15, 0.2) is 42.7 Å². The summed E-state index contributed by atoms with van der Waals surface area (Å²) in [5, 5.41) is 24.5. The molecule has 0 saturated carbocycles. The summed E-state index contributed by atoms with van der Waals surface area (Å²) in [6.45, 7) is 2.66. The Bertz CT molecular complexity index is 880. The van der Waals surface area contributed by atoms with E-state index in [2.05, 4.69) is 37.4 Å². The number of carbonyl (C=O) groups is 1. The molecule has 1 fully saturated rings. The Labute approximate surface area is 150 Å². The number of H-pyrrole nitrogens is 1. The summed E-state index contributed by atoms with van der Waals surface area (Å²) < 4.78 is 0. The Morgan fingerprint density at radius 3 is 2.65 bits per heavy atom. The van der Waals surface area contributed by atoms with Crippen molar-refractivity contribution in [3.8, 4) is 11.3 Å². The standard InChI is InChI=1S/C18H20N6O2/c25-18(26)16-11-20-24(22-16)15-6-8-23(9-7-15)12-14-10-19-21-17(14)13-4-2-1-3-5-13/h1-5,10-11,15H,6-9,12H2,(H,19,21)(H,25,26). The van der Waals surface area contributed by atoms with Gasteiger partial charge in [0.1, 0.15) is 0 Å². The number of hydrogen-bond acceptors (Lipinski definition) is 5. The molecule has 0 unspecified atom stereocenters. The minimum atomic E-state index is -1.04. The van der Waals surface area contributed by atoms with Gasteiger partial charge in [-0.05, 0) is 18.4 Å². The molecule has 4 rings (SSSR count). The summed E-state index contributed by atoms with van der Waals surface area (Å²) in [6, 6.07) is 10.3. The highest BCUT2D eigenvalue weighted by Crippen LogP contribution is 2.26. The van der Waals surface area contributed by atoms with Gasteiger partial charge in [-0.25, -0.2) is 4.79 Å². The highest BCUT2D eigenvalue weighted by molar-refractivity contribution is 5.84. The highest BCUT2D eigenvalue weighted by Gasteiger charge is 2.24. The van der Waals surface area contributed by atoms with E-state index < -0.39 is 5.97 Å². The molecule has 2 N–H and O–H groups in total. The van der Waals surface area contributed by atoms with Crippen molar-refractivity contribution in [3.63, 3.8) is 0 Å². The molecule has 0 amide bonds. The van der Waals surface area contributed by atoms with E-state index in [0.717, 1.165) is 43.7 Å². The van der Waals surface area contributed by atoms with Gasteiger partial charge in [-0.2, -0.15) is 15.0 Å². The van der Waals surface area contributed by atoms with Crippen molar-refractivity contribution in [1.29, 1.82) is 0 Å². The summed E-state index contributed by atoms with van der Waals surface area (Å²) >= 11 is 0. The van der Waals surface area contributed by atoms with Crippen LogP contribution in [-0.4, -0.2) is 54.3 Å². The van der Waals surface area contributed by atoms with Gasteiger partial charge in [-0.3, -0.25) is 10.00 Å². The summed E-state index contributed by atoms with van der Waals surface area (Å²) in [5.74, 6) is -1.04. The Kier molecular flexibility index (Phi) is 4.49. The summed E-state index contributed by atoms with van der Waals surface area (Å²) in [4.78, 5) is 14.9. The number of aromatic carboxylic acids is 1. The molecule has 0 bridgehead atoms. The lowest BCUT2D eigenvalue weighted by atomic mass is 10.0. The molecule has 1 aliphatic rings. The zero-order valence-electron chi connectivity index (χ0n) is 14.2. The van der Waals surface area contributed by atoms with Crippen LogP contribution in [0.5, 0.6) is 0 Å². The molecule has 8 nitrogen and oxygen atoms in total. The first-order valence-corrected chi connectivity index (χ1v) is 8.66. The van der Waals surface area contributed by atoms with E-state index in [4.69, 9.17) is 5.11 Å². The zero-order chi connectivity index (χ0) is 17.9. The number of benzene rings is 1. The third kappa shape index (κ3) is 3.36. The van der Waals surface area contributed by atoms with Crippen molar-refractivity contribution in [1.82, 2.24) is 30.1 Å². The maximum atomic E-state index is 10.9.